The molecule has 0 aliphatic carbocycles. The molecule has 2 amide bonds. The lowest BCUT2D eigenvalue weighted by Crippen LogP contribution is -2.33. The van der Waals surface area contributed by atoms with Gasteiger partial charge in [0.05, 0.1) is 30.3 Å². The maximum absolute atomic E-state index is 12.8. The van der Waals surface area contributed by atoms with Crippen molar-refractivity contribution in [3.63, 3.8) is 0 Å². The molecule has 184 valence electrons. The molecule has 0 saturated carbocycles. The van der Waals surface area contributed by atoms with Crippen LogP contribution in [-0.4, -0.2) is 37.9 Å². The Kier molecular flexibility index (Phi) is 6.78. The third-order valence-electron chi connectivity index (χ3n) is 5.74. The lowest BCUT2D eigenvalue weighted by atomic mass is 10.0. The van der Waals surface area contributed by atoms with Crippen LogP contribution in [0.2, 0.25) is 5.15 Å². The van der Waals surface area contributed by atoms with E-state index in [1.54, 1.807) is 55.3 Å². The number of aromatic nitrogens is 4. The monoisotopic (exact) mass is 512 g/mol. The zero-order valence-electron chi connectivity index (χ0n) is 19.4. The summed E-state index contributed by atoms with van der Waals surface area (Å²) in [6, 6.07) is 12.2. The molecule has 0 fully saturated rings. The summed E-state index contributed by atoms with van der Waals surface area (Å²) in [5, 5.41) is 5.98. The van der Waals surface area contributed by atoms with Gasteiger partial charge in [-0.1, -0.05) is 42.0 Å². The Bertz CT molecular complexity index is 1590. The minimum absolute atomic E-state index is 0.0506. The maximum Gasteiger partial charge on any atom is 0.263 e. The molecule has 3 aromatic heterocycles. The number of halogens is 1. The van der Waals surface area contributed by atoms with Gasteiger partial charge in [-0.15, -0.1) is 0 Å². The van der Waals surface area contributed by atoms with E-state index in [2.05, 4.69) is 25.6 Å². The normalized spacial score (nSPS) is 13.6. The van der Waals surface area contributed by atoms with E-state index in [1.807, 2.05) is 24.3 Å². The number of imidazole rings is 1. The summed E-state index contributed by atoms with van der Waals surface area (Å²) in [5.74, 6) is -0.646. The lowest BCUT2D eigenvalue weighted by Gasteiger charge is -2.08. The molecule has 1 aliphatic rings. The first-order valence-electron chi connectivity index (χ1n) is 11.4. The molecule has 1 aliphatic heterocycles. The first kappa shape index (κ1) is 24.0. The number of benzene rings is 1. The molecule has 9 nitrogen and oxygen atoms in total. The van der Waals surface area contributed by atoms with Crippen LogP contribution in [0.1, 0.15) is 32.7 Å². The minimum Gasteiger partial charge on any atom is -0.348 e. The number of hydrogen-bond acceptors (Lipinski definition) is 5. The summed E-state index contributed by atoms with van der Waals surface area (Å²) in [6.07, 6.45) is 11.8. The number of rotatable bonds is 7. The van der Waals surface area contributed by atoms with Gasteiger partial charge in [0.2, 0.25) is 0 Å². The van der Waals surface area contributed by atoms with E-state index in [9.17, 15) is 14.4 Å². The zero-order chi connectivity index (χ0) is 25.8. The highest BCUT2D eigenvalue weighted by atomic mass is 35.5. The zero-order valence-corrected chi connectivity index (χ0v) is 20.2. The Morgan fingerprint density at radius 2 is 2.03 bits per heavy atom. The highest BCUT2D eigenvalue weighted by Crippen LogP contribution is 2.33. The van der Waals surface area contributed by atoms with Gasteiger partial charge < -0.3 is 20.2 Å². The second-order valence-corrected chi connectivity index (χ2v) is 8.67. The van der Waals surface area contributed by atoms with E-state index in [4.69, 9.17) is 11.6 Å². The van der Waals surface area contributed by atoms with Crippen LogP contribution in [0, 0.1) is 0 Å². The summed E-state index contributed by atoms with van der Waals surface area (Å²) >= 11 is 5.81. The molecule has 0 spiro atoms. The Hall–Kier alpha value is -4.76. The van der Waals surface area contributed by atoms with Gasteiger partial charge in [0.25, 0.3) is 17.4 Å². The predicted molar refractivity (Wildman–Crippen MR) is 142 cm³/mol. The van der Waals surface area contributed by atoms with Gasteiger partial charge in [0.1, 0.15) is 10.7 Å². The Labute approximate surface area is 216 Å². The summed E-state index contributed by atoms with van der Waals surface area (Å²) in [6.45, 7) is 0.500. The third kappa shape index (κ3) is 5.41. The van der Waals surface area contributed by atoms with Crippen LogP contribution >= 0.6 is 11.6 Å². The maximum atomic E-state index is 12.8. The van der Waals surface area contributed by atoms with Gasteiger partial charge in [0.15, 0.2) is 0 Å². The topological polar surface area (TPSA) is 122 Å². The molecule has 0 unspecified atom stereocenters. The van der Waals surface area contributed by atoms with Crippen LogP contribution in [-0.2, 0) is 11.3 Å². The van der Waals surface area contributed by atoms with Gasteiger partial charge >= 0.3 is 0 Å². The fraction of sp³-hybridized carbons (Fsp3) is 0.0741. The molecule has 37 heavy (non-hydrogen) atoms. The fourth-order valence-electron chi connectivity index (χ4n) is 3.93. The number of pyridine rings is 2. The van der Waals surface area contributed by atoms with Gasteiger partial charge in [-0.3, -0.25) is 14.4 Å². The molecular weight excluding hydrogens is 492 g/mol. The second kappa shape index (κ2) is 10.5. The van der Waals surface area contributed by atoms with E-state index in [0.29, 0.717) is 16.4 Å². The molecule has 3 N–H and O–H groups in total. The third-order valence-corrected chi connectivity index (χ3v) is 5.97. The average molecular weight is 513 g/mol. The van der Waals surface area contributed by atoms with Crippen molar-refractivity contribution in [3.05, 3.63) is 117 Å². The minimum atomic E-state index is -0.465. The first-order valence-corrected chi connectivity index (χ1v) is 11.8. The summed E-state index contributed by atoms with van der Waals surface area (Å²) < 4.78 is 1.45. The molecule has 0 atom stereocenters. The highest BCUT2D eigenvalue weighted by Gasteiger charge is 2.24. The van der Waals surface area contributed by atoms with Crippen molar-refractivity contribution in [1.82, 2.24) is 24.8 Å². The van der Waals surface area contributed by atoms with Crippen LogP contribution in [0.4, 0.5) is 5.69 Å². The molecule has 10 heteroatoms. The molecule has 0 bridgehead atoms. The van der Waals surface area contributed by atoms with Gasteiger partial charge in [-0.05, 0) is 41.5 Å². The number of amides is 2. The van der Waals surface area contributed by atoms with E-state index in [-0.39, 0.29) is 24.6 Å². The largest absolute Gasteiger partial charge is 0.348 e. The van der Waals surface area contributed by atoms with Crippen LogP contribution in [0.5, 0.6) is 0 Å². The van der Waals surface area contributed by atoms with Crippen LogP contribution in [0.3, 0.4) is 0 Å². The number of nitrogens with one attached hydrogen (secondary N) is 3. The molecule has 5 rings (SSSR count). The number of H-pyrrole nitrogens is 1. The number of nitrogens with zero attached hydrogens (tertiary/aromatic N) is 3. The lowest BCUT2D eigenvalue weighted by molar-refractivity contribution is -0.110. The number of anilines is 1. The van der Waals surface area contributed by atoms with E-state index < -0.39 is 11.5 Å². The summed E-state index contributed by atoms with van der Waals surface area (Å²) in [4.78, 5) is 48.8. The van der Waals surface area contributed by atoms with Gasteiger partial charge in [-0.25, -0.2) is 9.97 Å². The number of aromatic amines is 1. The molecule has 1 aromatic carbocycles. The van der Waals surface area contributed by atoms with Crippen molar-refractivity contribution in [3.8, 4) is 0 Å². The Morgan fingerprint density at radius 1 is 1.14 bits per heavy atom. The van der Waals surface area contributed by atoms with Crippen molar-refractivity contribution >= 4 is 46.8 Å². The summed E-state index contributed by atoms with van der Waals surface area (Å²) in [5.41, 5.74) is 4.12. The molecule has 0 saturated heterocycles. The van der Waals surface area contributed by atoms with Crippen molar-refractivity contribution in [2.75, 3.05) is 11.9 Å². The van der Waals surface area contributed by atoms with Crippen LogP contribution in [0.15, 0.2) is 78.3 Å². The van der Waals surface area contributed by atoms with E-state index in [0.717, 1.165) is 22.4 Å². The SMILES string of the molecule is O=C1Nc2cc(C=CCNC(=O)c3cccn(Cc4ccc(Cl)nc4)c3=O)ccc2C1=Cc1cnc[nH]1. The molecular formula is C27H21ClN6O3. The number of fused-ring (bicyclic) bond motifs is 1. The molecule has 4 aromatic rings. The first-order chi connectivity index (χ1) is 18.0. The average Bonchev–Trinajstić information content (AvgIpc) is 3.52. The number of carbonyl (C=O) groups excluding carboxylic acids is 2. The van der Waals surface area contributed by atoms with E-state index in [1.165, 1.54) is 10.6 Å². The van der Waals surface area contributed by atoms with Crippen molar-refractivity contribution in [2.45, 2.75) is 6.54 Å². The quantitative estimate of drug-likeness (QED) is 0.258. The van der Waals surface area contributed by atoms with E-state index >= 15 is 0 Å². The van der Waals surface area contributed by atoms with Crippen molar-refractivity contribution < 1.29 is 9.59 Å². The fourth-order valence-corrected chi connectivity index (χ4v) is 4.04. The molecule has 0 radical (unpaired) electrons. The highest BCUT2D eigenvalue weighted by molar-refractivity contribution is 6.34. The predicted octanol–water partition coefficient (Wildman–Crippen LogP) is 3.60. The van der Waals surface area contributed by atoms with Gasteiger partial charge in [-0.2, -0.15) is 0 Å². The smallest absolute Gasteiger partial charge is 0.263 e. The van der Waals surface area contributed by atoms with Crippen LogP contribution < -0.4 is 16.2 Å². The van der Waals surface area contributed by atoms with Crippen molar-refractivity contribution in [2.24, 2.45) is 0 Å². The number of hydrogen-bond donors (Lipinski definition) is 3. The number of carbonyl (C=O) groups is 2. The second-order valence-electron chi connectivity index (χ2n) is 8.28. The van der Waals surface area contributed by atoms with Crippen molar-refractivity contribution in [1.29, 1.82) is 0 Å². The summed E-state index contributed by atoms with van der Waals surface area (Å²) in [7, 11) is 0. The Balaban J connectivity index is 1.22. The Morgan fingerprint density at radius 3 is 2.81 bits per heavy atom. The van der Waals surface area contributed by atoms with Gasteiger partial charge in [0, 0.05) is 30.2 Å². The molecule has 4 heterocycles. The standard InChI is InChI=1S/C27H21ClN6O3/c28-24-8-6-18(13-31-24)15-34-10-2-4-21(27(34)37)25(35)30-9-1-3-17-5-7-20-22(12-19-14-29-16-32-19)26(36)33-23(20)11-17/h1-8,10-14,16H,9,15H2,(H,29,32)(H,30,35)(H,33,36). The van der Waals surface area contributed by atoms with Crippen LogP contribution in [0.25, 0.3) is 17.7 Å².